The van der Waals surface area contributed by atoms with E-state index in [9.17, 15) is 43.9 Å². The number of rotatable bonds is 8. The van der Waals surface area contributed by atoms with Crippen molar-refractivity contribution in [2.75, 3.05) is 0 Å². The first-order valence-electron chi connectivity index (χ1n) is 6.19. The third-order valence-electron chi connectivity index (χ3n) is 2.93. The fraction of sp³-hybridized carbons (Fsp3) is 1.00. The Morgan fingerprint density at radius 2 is 0.607 bits per heavy atom. The third-order valence-corrected chi connectivity index (χ3v) is 4.79. The van der Waals surface area contributed by atoms with Crippen molar-refractivity contribution in [3.8, 4) is 0 Å². The van der Waals surface area contributed by atoms with Gasteiger partial charge in [-0.1, -0.05) is 0 Å². The molecular weight excluding hydrogens is 488 g/mol. The summed E-state index contributed by atoms with van der Waals surface area (Å²) in [5.41, 5.74) is 0. The number of hydrogen-bond donors (Lipinski definition) is 6. The molecular formula is C6H12O18S4. The van der Waals surface area contributed by atoms with E-state index in [2.05, 4.69) is 16.7 Å². The summed E-state index contributed by atoms with van der Waals surface area (Å²) in [5, 5.41) is 19.6. The molecule has 0 aliphatic heterocycles. The molecule has 18 nitrogen and oxygen atoms in total. The zero-order chi connectivity index (χ0) is 22.3. The van der Waals surface area contributed by atoms with Crippen molar-refractivity contribution in [3.63, 3.8) is 0 Å². The number of hydrogen-bond acceptors (Lipinski definition) is 14. The van der Waals surface area contributed by atoms with Crippen LogP contribution in [0.25, 0.3) is 0 Å². The van der Waals surface area contributed by atoms with Gasteiger partial charge in [0.1, 0.15) is 36.6 Å². The lowest BCUT2D eigenvalue weighted by atomic mass is 9.85. The van der Waals surface area contributed by atoms with Gasteiger partial charge in [0.15, 0.2) is 0 Å². The minimum atomic E-state index is -5.68. The van der Waals surface area contributed by atoms with Gasteiger partial charge in [0.25, 0.3) is 0 Å². The van der Waals surface area contributed by atoms with Crippen molar-refractivity contribution in [2.24, 2.45) is 0 Å². The molecule has 22 heteroatoms. The first-order valence-corrected chi connectivity index (χ1v) is 11.7. The highest BCUT2D eigenvalue weighted by molar-refractivity contribution is 7.81. The monoisotopic (exact) mass is 500 g/mol. The molecule has 6 N–H and O–H groups in total. The molecule has 1 aliphatic carbocycles. The van der Waals surface area contributed by atoms with Crippen LogP contribution >= 0.6 is 0 Å². The van der Waals surface area contributed by atoms with Crippen LogP contribution in [0, 0.1) is 0 Å². The lowest BCUT2D eigenvalue weighted by Crippen LogP contribution is -2.67. The average molecular weight is 500 g/mol. The number of aliphatic hydroxyl groups is 2. The van der Waals surface area contributed by atoms with Crippen molar-refractivity contribution >= 4 is 41.6 Å². The van der Waals surface area contributed by atoms with Gasteiger partial charge in [-0.3, -0.25) is 18.2 Å². The fourth-order valence-corrected chi connectivity index (χ4v) is 4.16. The topological polar surface area (TPSA) is 295 Å². The molecule has 0 saturated heterocycles. The highest BCUT2D eigenvalue weighted by Crippen LogP contribution is 2.33. The Hall–Kier alpha value is -0.600. The SMILES string of the molecule is O=S(=O)(O)O[C@H]1[C@H](OS(=O)(=O)O)[C@@H](OS(=O)(=O)O)[C@@H](O)[C@@H](O)[C@@H]1OS(=O)(=O)O. The van der Waals surface area contributed by atoms with Crippen LogP contribution in [-0.2, 0) is 58.3 Å². The predicted octanol–water partition coefficient (Wildman–Crippen LogP) is -4.53. The standard InChI is InChI=1S/C6H12O18S4/c7-1-2(8)4(22-26(12,13)14)6(24-28(18,19)20)5(23-27(15,16)17)3(1)21-25(9,10)11/h1-8H,(H,9,10,11)(H,12,13,14)(H,15,16,17)(H,18,19,20)/t1-,2+,3-,4-,5+,6+/m0/s1. The van der Waals surface area contributed by atoms with Crippen molar-refractivity contribution < 1.29 is 78.8 Å². The summed E-state index contributed by atoms with van der Waals surface area (Å²) in [6.07, 6.45) is -16.9. The molecule has 168 valence electrons. The van der Waals surface area contributed by atoms with Crippen LogP contribution in [0.1, 0.15) is 0 Å². The minimum absolute atomic E-state index is 2.73. The average Bonchev–Trinajstić information content (AvgIpc) is 2.39. The van der Waals surface area contributed by atoms with Gasteiger partial charge in [0, 0.05) is 0 Å². The Morgan fingerprint density at radius 3 is 0.786 bits per heavy atom. The second kappa shape index (κ2) is 8.26. The minimum Gasteiger partial charge on any atom is -0.387 e. The first kappa shape index (κ1) is 25.4. The second-order valence-electron chi connectivity index (χ2n) is 4.94. The van der Waals surface area contributed by atoms with Gasteiger partial charge < -0.3 is 10.2 Å². The van der Waals surface area contributed by atoms with Crippen LogP contribution in [0.5, 0.6) is 0 Å². The number of aliphatic hydroxyl groups excluding tert-OH is 2. The van der Waals surface area contributed by atoms with Crippen LogP contribution in [0.4, 0.5) is 0 Å². The Morgan fingerprint density at radius 1 is 0.429 bits per heavy atom. The molecule has 1 saturated carbocycles. The normalized spacial score (nSPS) is 32.9. The van der Waals surface area contributed by atoms with Gasteiger partial charge in [0.05, 0.1) is 0 Å². The molecule has 0 bridgehead atoms. The molecule has 0 amide bonds. The fourth-order valence-electron chi connectivity index (χ4n) is 2.16. The summed E-state index contributed by atoms with van der Waals surface area (Å²) in [4.78, 5) is 0. The van der Waals surface area contributed by atoms with Crippen LogP contribution in [0.15, 0.2) is 0 Å². The van der Waals surface area contributed by atoms with Crippen molar-refractivity contribution in [1.82, 2.24) is 0 Å². The van der Waals surface area contributed by atoms with Crippen molar-refractivity contribution in [2.45, 2.75) is 36.6 Å². The Balaban J connectivity index is 3.62. The predicted molar refractivity (Wildman–Crippen MR) is 77.7 cm³/mol. The molecule has 0 unspecified atom stereocenters. The van der Waals surface area contributed by atoms with Gasteiger partial charge in [-0.25, -0.2) is 16.7 Å². The van der Waals surface area contributed by atoms with Crippen LogP contribution in [0.2, 0.25) is 0 Å². The molecule has 1 rings (SSSR count). The Labute approximate surface area is 157 Å². The second-order valence-corrected chi connectivity index (χ2v) is 9.13. The van der Waals surface area contributed by atoms with E-state index < -0.39 is 78.2 Å². The van der Waals surface area contributed by atoms with E-state index in [1.807, 2.05) is 0 Å². The van der Waals surface area contributed by atoms with Gasteiger partial charge >= 0.3 is 41.6 Å². The highest BCUT2D eigenvalue weighted by Gasteiger charge is 2.58. The third kappa shape index (κ3) is 8.03. The Kier molecular flexibility index (Phi) is 7.51. The molecule has 1 fully saturated rings. The smallest absolute Gasteiger partial charge is 0.387 e. The molecule has 1 aliphatic rings. The van der Waals surface area contributed by atoms with Crippen LogP contribution in [-0.4, -0.2) is 98.7 Å². The summed E-state index contributed by atoms with van der Waals surface area (Å²) >= 11 is 0. The van der Waals surface area contributed by atoms with E-state index >= 15 is 0 Å². The highest BCUT2D eigenvalue weighted by atomic mass is 32.3. The molecule has 0 aromatic heterocycles. The van der Waals surface area contributed by atoms with E-state index in [-0.39, 0.29) is 0 Å². The molecule has 0 spiro atoms. The maximum absolute atomic E-state index is 10.9. The maximum Gasteiger partial charge on any atom is 0.397 e. The summed E-state index contributed by atoms with van der Waals surface area (Å²) in [5.74, 6) is 0. The van der Waals surface area contributed by atoms with Crippen molar-refractivity contribution in [3.05, 3.63) is 0 Å². The summed E-state index contributed by atoms with van der Waals surface area (Å²) < 4.78 is 137. The molecule has 0 radical (unpaired) electrons. The Bertz CT molecular complexity index is 893. The van der Waals surface area contributed by atoms with E-state index in [4.69, 9.17) is 18.2 Å². The maximum atomic E-state index is 10.9. The van der Waals surface area contributed by atoms with Gasteiger partial charge in [-0.15, -0.1) is 0 Å². The van der Waals surface area contributed by atoms with Crippen LogP contribution < -0.4 is 0 Å². The van der Waals surface area contributed by atoms with Crippen molar-refractivity contribution in [1.29, 1.82) is 0 Å². The van der Waals surface area contributed by atoms with Gasteiger partial charge in [0.2, 0.25) is 0 Å². The molecule has 0 aromatic carbocycles. The van der Waals surface area contributed by atoms with Gasteiger partial charge in [-0.2, -0.15) is 33.7 Å². The lowest BCUT2D eigenvalue weighted by molar-refractivity contribution is -0.198. The van der Waals surface area contributed by atoms with E-state index in [0.29, 0.717) is 0 Å². The zero-order valence-electron chi connectivity index (χ0n) is 12.7. The molecule has 28 heavy (non-hydrogen) atoms. The van der Waals surface area contributed by atoms with Gasteiger partial charge in [-0.05, 0) is 0 Å². The summed E-state index contributed by atoms with van der Waals surface area (Å²) in [6, 6.07) is 0. The zero-order valence-corrected chi connectivity index (χ0v) is 15.9. The molecule has 0 aromatic rings. The van der Waals surface area contributed by atoms with E-state index in [0.717, 1.165) is 0 Å². The van der Waals surface area contributed by atoms with E-state index in [1.165, 1.54) is 0 Å². The van der Waals surface area contributed by atoms with E-state index in [1.54, 1.807) is 0 Å². The lowest BCUT2D eigenvalue weighted by Gasteiger charge is -2.43. The molecule has 6 atom stereocenters. The van der Waals surface area contributed by atoms with Crippen LogP contribution in [0.3, 0.4) is 0 Å². The first-order chi connectivity index (χ1) is 12.2. The summed E-state index contributed by atoms with van der Waals surface area (Å²) in [7, 11) is -22.5. The molecule has 0 heterocycles. The summed E-state index contributed by atoms with van der Waals surface area (Å²) in [6.45, 7) is 0. The quantitative estimate of drug-likeness (QED) is 0.171. The largest absolute Gasteiger partial charge is 0.397 e.